The monoisotopic (exact) mass is 264 g/mol. The predicted molar refractivity (Wildman–Crippen MR) is 78.5 cm³/mol. The van der Waals surface area contributed by atoms with Gasteiger partial charge in [0.25, 0.3) is 0 Å². The third-order valence-electron chi connectivity index (χ3n) is 3.50. The van der Waals surface area contributed by atoms with Gasteiger partial charge in [0.15, 0.2) is 0 Å². The van der Waals surface area contributed by atoms with Gasteiger partial charge in [-0.15, -0.1) is 0 Å². The summed E-state index contributed by atoms with van der Waals surface area (Å²) in [5, 5.41) is 13.4. The molecule has 0 radical (unpaired) electrons. The van der Waals surface area contributed by atoms with Gasteiger partial charge in [-0.25, -0.2) is 0 Å². The minimum Gasteiger partial charge on any atom is -0.489 e. The molecule has 4 N–H and O–H groups in total. The Morgan fingerprint density at radius 3 is 2.74 bits per heavy atom. The Labute approximate surface area is 115 Å². The fourth-order valence-electron chi connectivity index (χ4n) is 2.51. The van der Waals surface area contributed by atoms with E-state index in [9.17, 15) is 5.11 Å². The van der Waals surface area contributed by atoms with Crippen molar-refractivity contribution in [3.8, 4) is 5.75 Å². The zero-order valence-corrected chi connectivity index (χ0v) is 11.7. The molecule has 1 fully saturated rings. The molecule has 0 saturated heterocycles. The molecule has 0 bridgehead atoms. The number of ether oxygens (including phenoxy) is 1. The standard InChI is InChI=1S/C15H24N2O2/c1-10(2)19-14-9-5-7-12(15(14)16)17-11-6-3-4-8-13(11)18/h5,7,9-11,13,17-18H,3-4,6,8,16H2,1-2H3. The largest absolute Gasteiger partial charge is 0.489 e. The molecule has 1 aromatic rings. The van der Waals surface area contributed by atoms with Crippen molar-refractivity contribution in [2.45, 2.75) is 57.8 Å². The fraction of sp³-hybridized carbons (Fsp3) is 0.600. The van der Waals surface area contributed by atoms with E-state index in [2.05, 4.69) is 5.32 Å². The van der Waals surface area contributed by atoms with Crippen LogP contribution in [0.15, 0.2) is 18.2 Å². The van der Waals surface area contributed by atoms with Crippen LogP contribution in [0.4, 0.5) is 11.4 Å². The number of nitrogens with one attached hydrogen (secondary N) is 1. The van der Waals surface area contributed by atoms with Crippen LogP contribution in [0.2, 0.25) is 0 Å². The van der Waals surface area contributed by atoms with Gasteiger partial charge in [0.05, 0.1) is 29.6 Å². The smallest absolute Gasteiger partial charge is 0.144 e. The van der Waals surface area contributed by atoms with Gasteiger partial charge in [-0.05, 0) is 38.8 Å². The highest BCUT2D eigenvalue weighted by molar-refractivity contribution is 5.73. The summed E-state index contributed by atoms with van der Waals surface area (Å²) in [4.78, 5) is 0. The molecule has 0 amide bonds. The number of anilines is 2. The summed E-state index contributed by atoms with van der Waals surface area (Å²) in [7, 11) is 0. The van der Waals surface area contributed by atoms with Crippen molar-refractivity contribution in [3.63, 3.8) is 0 Å². The van der Waals surface area contributed by atoms with Crippen LogP contribution in [-0.4, -0.2) is 23.4 Å². The Hall–Kier alpha value is -1.42. The number of aliphatic hydroxyl groups excluding tert-OH is 1. The molecule has 1 aromatic carbocycles. The topological polar surface area (TPSA) is 67.5 Å². The maximum absolute atomic E-state index is 10.0. The molecular weight excluding hydrogens is 240 g/mol. The van der Waals surface area contributed by atoms with Crippen LogP contribution in [0.1, 0.15) is 39.5 Å². The van der Waals surface area contributed by atoms with Gasteiger partial charge in [0, 0.05) is 0 Å². The molecule has 1 aliphatic rings. The average Bonchev–Trinajstić information content (AvgIpc) is 2.36. The second kappa shape index (κ2) is 6.15. The number of nitrogen functional groups attached to an aromatic ring is 1. The van der Waals surface area contributed by atoms with Crippen LogP contribution < -0.4 is 15.8 Å². The maximum atomic E-state index is 10.0. The number of hydrogen-bond acceptors (Lipinski definition) is 4. The molecule has 1 aliphatic carbocycles. The van der Waals surface area contributed by atoms with Crippen LogP contribution in [0.5, 0.6) is 5.75 Å². The van der Waals surface area contributed by atoms with Crippen molar-refractivity contribution in [1.82, 2.24) is 0 Å². The molecule has 0 spiro atoms. The Balaban J connectivity index is 2.11. The van der Waals surface area contributed by atoms with Gasteiger partial charge in [-0.1, -0.05) is 18.9 Å². The Kier molecular flexibility index (Phi) is 4.53. The van der Waals surface area contributed by atoms with Gasteiger partial charge in [0.2, 0.25) is 0 Å². The summed E-state index contributed by atoms with van der Waals surface area (Å²) in [6.45, 7) is 3.95. The summed E-state index contributed by atoms with van der Waals surface area (Å²) in [5.74, 6) is 0.699. The predicted octanol–water partition coefficient (Wildman–Crippen LogP) is 2.77. The Morgan fingerprint density at radius 2 is 2.05 bits per heavy atom. The second-order valence-corrected chi connectivity index (χ2v) is 5.49. The molecule has 0 aromatic heterocycles. The second-order valence-electron chi connectivity index (χ2n) is 5.49. The van der Waals surface area contributed by atoms with Gasteiger partial charge in [-0.3, -0.25) is 0 Å². The zero-order chi connectivity index (χ0) is 13.8. The minimum absolute atomic E-state index is 0.0883. The molecule has 106 valence electrons. The highest BCUT2D eigenvalue weighted by Crippen LogP contribution is 2.32. The van der Waals surface area contributed by atoms with Crippen LogP contribution in [-0.2, 0) is 0 Å². The highest BCUT2D eigenvalue weighted by atomic mass is 16.5. The number of benzene rings is 1. The summed E-state index contributed by atoms with van der Waals surface area (Å²) in [6, 6.07) is 5.82. The SMILES string of the molecule is CC(C)Oc1cccc(NC2CCCCC2O)c1N. The third-order valence-corrected chi connectivity index (χ3v) is 3.50. The third kappa shape index (κ3) is 3.53. The summed E-state index contributed by atoms with van der Waals surface area (Å²) in [5.41, 5.74) is 7.60. The van der Waals surface area contributed by atoms with Crippen molar-refractivity contribution in [1.29, 1.82) is 0 Å². The lowest BCUT2D eigenvalue weighted by Gasteiger charge is -2.30. The normalized spacial score (nSPS) is 23.4. The molecule has 0 heterocycles. The molecular formula is C15H24N2O2. The van der Waals surface area contributed by atoms with Crippen molar-refractivity contribution >= 4 is 11.4 Å². The first-order valence-corrected chi connectivity index (χ1v) is 7.07. The molecule has 4 nitrogen and oxygen atoms in total. The molecule has 1 saturated carbocycles. The van der Waals surface area contributed by atoms with E-state index >= 15 is 0 Å². The lowest BCUT2D eigenvalue weighted by Crippen LogP contribution is -2.36. The van der Waals surface area contributed by atoms with Crippen LogP contribution in [0.3, 0.4) is 0 Å². The molecule has 19 heavy (non-hydrogen) atoms. The lowest BCUT2D eigenvalue weighted by atomic mass is 9.92. The van der Waals surface area contributed by atoms with Gasteiger partial charge in [-0.2, -0.15) is 0 Å². The van der Waals surface area contributed by atoms with E-state index in [1.807, 2.05) is 32.0 Å². The van der Waals surface area contributed by atoms with Gasteiger partial charge in [0.1, 0.15) is 5.75 Å². The molecule has 2 rings (SSSR count). The van der Waals surface area contributed by atoms with E-state index in [0.29, 0.717) is 11.4 Å². The first kappa shape index (κ1) is 14.0. The Bertz CT molecular complexity index is 421. The summed E-state index contributed by atoms with van der Waals surface area (Å²) in [6.07, 6.45) is 3.90. The van der Waals surface area contributed by atoms with Crippen molar-refractivity contribution in [2.24, 2.45) is 0 Å². The van der Waals surface area contributed by atoms with Crippen LogP contribution in [0.25, 0.3) is 0 Å². The number of hydrogen-bond donors (Lipinski definition) is 3. The van der Waals surface area contributed by atoms with Gasteiger partial charge >= 0.3 is 0 Å². The maximum Gasteiger partial charge on any atom is 0.144 e. The Morgan fingerprint density at radius 1 is 1.32 bits per heavy atom. The van der Waals surface area contributed by atoms with Gasteiger partial charge < -0.3 is 20.9 Å². The van der Waals surface area contributed by atoms with E-state index < -0.39 is 0 Å². The quantitative estimate of drug-likeness (QED) is 0.731. The van der Waals surface area contributed by atoms with Crippen molar-refractivity contribution in [3.05, 3.63) is 18.2 Å². The minimum atomic E-state index is -0.289. The average molecular weight is 264 g/mol. The fourth-order valence-corrected chi connectivity index (χ4v) is 2.51. The highest BCUT2D eigenvalue weighted by Gasteiger charge is 2.23. The van der Waals surface area contributed by atoms with E-state index in [1.165, 1.54) is 0 Å². The van der Waals surface area contributed by atoms with E-state index in [-0.39, 0.29) is 18.2 Å². The number of rotatable bonds is 4. The van der Waals surface area contributed by atoms with E-state index in [0.717, 1.165) is 31.4 Å². The first-order valence-electron chi connectivity index (χ1n) is 7.07. The van der Waals surface area contributed by atoms with Crippen molar-refractivity contribution in [2.75, 3.05) is 11.1 Å². The molecule has 0 aliphatic heterocycles. The number of nitrogens with two attached hydrogens (primary N) is 1. The van der Waals surface area contributed by atoms with Crippen LogP contribution in [0, 0.1) is 0 Å². The molecule has 2 unspecified atom stereocenters. The summed E-state index contributed by atoms with van der Waals surface area (Å²) < 4.78 is 5.67. The van der Waals surface area contributed by atoms with Crippen LogP contribution >= 0.6 is 0 Å². The number of para-hydroxylation sites is 1. The van der Waals surface area contributed by atoms with E-state index in [1.54, 1.807) is 0 Å². The lowest BCUT2D eigenvalue weighted by molar-refractivity contribution is 0.116. The summed E-state index contributed by atoms with van der Waals surface area (Å²) >= 11 is 0. The van der Waals surface area contributed by atoms with E-state index in [4.69, 9.17) is 10.5 Å². The number of aliphatic hydroxyl groups is 1. The van der Waals surface area contributed by atoms with Crippen molar-refractivity contribution < 1.29 is 9.84 Å². The molecule has 4 heteroatoms. The zero-order valence-electron chi connectivity index (χ0n) is 11.7. The first-order chi connectivity index (χ1) is 9.08. The molecule has 2 atom stereocenters.